The second-order valence-corrected chi connectivity index (χ2v) is 2.93. The minimum atomic E-state index is -0.892. The van der Waals surface area contributed by atoms with Gasteiger partial charge in [0, 0.05) is 11.8 Å². The number of hydrogen-bond donors (Lipinski definition) is 1. The van der Waals surface area contributed by atoms with Crippen LogP contribution in [0.4, 0.5) is 0 Å². The Balaban J connectivity index is 2.51. The first-order chi connectivity index (χ1) is 7.24. The van der Waals surface area contributed by atoms with Gasteiger partial charge in [-0.2, -0.15) is 0 Å². The van der Waals surface area contributed by atoms with Crippen LogP contribution < -0.4 is 5.73 Å². The van der Waals surface area contributed by atoms with Crippen LogP contribution >= 0.6 is 0 Å². The van der Waals surface area contributed by atoms with E-state index in [-0.39, 0.29) is 0 Å². The number of carbonyl (C=O) groups excluding carboxylic acids is 1. The lowest BCUT2D eigenvalue weighted by Gasteiger charge is -2.08. The molecule has 0 amide bonds. The summed E-state index contributed by atoms with van der Waals surface area (Å²) < 4.78 is 9.58. The lowest BCUT2D eigenvalue weighted by atomic mass is 10.1. The number of methoxy groups -OCH3 is 1. The van der Waals surface area contributed by atoms with E-state index in [1.165, 1.54) is 25.9 Å². The van der Waals surface area contributed by atoms with Crippen LogP contribution in [0.5, 0.6) is 0 Å². The Morgan fingerprint density at radius 3 is 3.13 bits per heavy atom. The maximum Gasteiger partial charge on any atom is 0.327 e. The summed E-state index contributed by atoms with van der Waals surface area (Å²) in [6.45, 7) is 0. The maximum absolute atomic E-state index is 11.2. The number of fused-ring (bicyclic) bond motifs is 1. The zero-order valence-corrected chi connectivity index (χ0v) is 8.01. The van der Waals surface area contributed by atoms with Crippen molar-refractivity contribution >= 4 is 17.1 Å². The van der Waals surface area contributed by atoms with Crippen LogP contribution in [0.25, 0.3) is 11.1 Å². The van der Waals surface area contributed by atoms with Gasteiger partial charge >= 0.3 is 5.97 Å². The molecule has 0 fully saturated rings. The maximum atomic E-state index is 11.2. The first-order valence-corrected chi connectivity index (χ1v) is 4.24. The molecule has 0 aliphatic heterocycles. The third-order valence-electron chi connectivity index (χ3n) is 2.06. The third kappa shape index (κ3) is 1.55. The van der Waals surface area contributed by atoms with Crippen molar-refractivity contribution in [2.75, 3.05) is 7.11 Å². The molecule has 6 nitrogen and oxygen atoms in total. The van der Waals surface area contributed by atoms with Crippen molar-refractivity contribution in [2.24, 2.45) is 5.73 Å². The Labute approximate surface area is 85.1 Å². The smallest absolute Gasteiger partial charge is 0.327 e. The molecule has 0 saturated carbocycles. The Kier molecular flexibility index (Phi) is 2.34. The number of nitrogens with two attached hydrogens (primary N) is 1. The zero-order chi connectivity index (χ0) is 10.8. The Hall–Kier alpha value is -1.95. The number of aromatic nitrogens is 2. The van der Waals surface area contributed by atoms with Gasteiger partial charge in [-0.15, -0.1) is 0 Å². The average molecular weight is 207 g/mol. The highest BCUT2D eigenvalue weighted by atomic mass is 16.5. The van der Waals surface area contributed by atoms with Gasteiger partial charge in [0.15, 0.2) is 12.0 Å². The number of nitrogens with zero attached hydrogens (tertiary/aromatic N) is 2. The Morgan fingerprint density at radius 1 is 1.60 bits per heavy atom. The van der Waals surface area contributed by atoms with Crippen molar-refractivity contribution in [3.8, 4) is 0 Å². The largest absolute Gasteiger partial charge is 0.468 e. The molecule has 0 saturated heterocycles. The van der Waals surface area contributed by atoms with E-state index < -0.39 is 12.0 Å². The lowest BCUT2D eigenvalue weighted by molar-refractivity contribution is -0.142. The summed E-state index contributed by atoms with van der Waals surface area (Å²) in [5, 5.41) is 0. The predicted molar refractivity (Wildman–Crippen MR) is 50.7 cm³/mol. The van der Waals surface area contributed by atoms with Crippen LogP contribution in [-0.2, 0) is 9.53 Å². The fourth-order valence-corrected chi connectivity index (χ4v) is 1.29. The molecule has 78 valence electrons. The molecule has 2 N–H and O–H groups in total. The van der Waals surface area contributed by atoms with E-state index in [1.807, 2.05) is 0 Å². The minimum absolute atomic E-state index is 0.492. The number of rotatable bonds is 2. The summed E-state index contributed by atoms with van der Waals surface area (Å²) in [5.74, 6) is -0.535. The molecule has 15 heavy (non-hydrogen) atoms. The van der Waals surface area contributed by atoms with Crippen molar-refractivity contribution in [3.05, 3.63) is 24.4 Å². The van der Waals surface area contributed by atoms with Crippen LogP contribution in [0.3, 0.4) is 0 Å². The first kappa shape index (κ1) is 9.60. The van der Waals surface area contributed by atoms with Crippen molar-refractivity contribution in [3.63, 3.8) is 0 Å². The molecule has 0 aliphatic carbocycles. The number of carbonyl (C=O) groups is 1. The van der Waals surface area contributed by atoms with Crippen molar-refractivity contribution in [1.82, 2.24) is 9.97 Å². The molecule has 0 aliphatic rings. The van der Waals surface area contributed by atoms with Crippen LogP contribution in [0.1, 0.15) is 11.6 Å². The number of ether oxygens (including phenoxy) is 1. The molecule has 0 unspecified atom stereocenters. The lowest BCUT2D eigenvalue weighted by Crippen LogP contribution is -2.23. The third-order valence-corrected chi connectivity index (χ3v) is 2.06. The van der Waals surface area contributed by atoms with E-state index in [2.05, 4.69) is 14.7 Å². The Morgan fingerprint density at radius 2 is 2.40 bits per heavy atom. The van der Waals surface area contributed by atoms with Gasteiger partial charge in [-0.1, -0.05) is 0 Å². The molecular formula is C9H9N3O3. The van der Waals surface area contributed by atoms with Crippen LogP contribution in [-0.4, -0.2) is 23.0 Å². The highest BCUT2D eigenvalue weighted by Gasteiger charge is 2.20. The van der Waals surface area contributed by atoms with Gasteiger partial charge in [-0.3, -0.25) is 9.78 Å². The second-order valence-electron chi connectivity index (χ2n) is 2.93. The number of oxazole rings is 1. The molecule has 0 radical (unpaired) electrons. The normalized spacial score (nSPS) is 12.7. The Bertz CT molecular complexity index is 494. The van der Waals surface area contributed by atoms with Gasteiger partial charge in [0.1, 0.15) is 11.6 Å². The van der Waals surface area contributed by atoms with E-state index in [9.17, 15) is 4.79 Å². The first-order valence-electron chi connectivity index (χ1n) is 4.24. The topological polar surface area (TPSA) is 91.2 Å². The number of pyridine rings is 1. The highest BCUT2D eigenvalue weighted by Crippen LogP contribution is 2.20. The van der Waals surface area contributed by atoms with Gasteiger partial charge < -0.3 is 14.9 Å². The van der Waals surface area contributed by atoms with Crippen molar-refractivity contribution in [1.29, 1.82) is 0 Å². The van der Waals surface area contributed by atoms with Crippen LogP contribution in [0.2, 0.25) is 0 Å². The summed E-state index contributed by atoms with van der Waals surface area (Å²) >= 11 is 0. The molecule has 0 aromatic carbocycles. The molecule has 2 aromatic heterocycles. The van der Waals surface area contributed by atoms with E-state index >= 15 is 0 Å². The predicted octanol–water partition coefficient (Wildman–Crippen LogP) is 0.396. The van der Waals surface area contributed by atoms with E-state index in [4.69, 9.17) is 10.2 Å². The molecule has 1 atom stereocenters. The van der Waals surface area contributed by atoms with E-state index in [1.54, 1.807) is 0 Å². The van der Waals surface area contributed by atoms with Gasteiger partial charge in [-0.25, -0.2) is 4.98 Å². The second kappa shape index (κ2) is 3.66. The van der Waals surface area contributed by atoms with Crippen LogP contribution in [0, 0.1) is 0 Å². The highest BCUT2D eigenvalue weighted by molar-refractivity contribution is 5.84. The fourth-order valence-electron chi connectivity index (χ4n) is 1.29. The fraction of sp³-hybridized carbons (Fsp3) is 0.222. The van der Waals surface area contributed by atoms with E-state index in [0.29, 0.717) is 16.7 Å². The van der Waals surface area contributed by atoms with Gasteiger partial charge in [0.2, 0.25) is 0 Å². The zero-order valence-electron chi connectivity index (χ0n) is 8.01. The van der Waals surface area contributed by atoms with Crippen molar-refractivity contribution in [2.45, 2.75) is 6.04 Å². The molecular weight excluding hydrogens is 198 g/mol. The van der Waals surface area contributed by atoms with Gasteiger partial charge in [0.25, 0.3) is 0 Å². The SMILES string of the molecule is COC(=O)[C@@H](N)c1cncc2ocnc12. The van der Waals surface area contributed by atoms with E-state index in [0.717, 1.165) is 0 Å². The molecule has 0 spiro atoms. The minimum Gasteiger partial charge on any atom is -0.468 e. The summed E-state index contributed by atoms with van der Waals surface area (Å²) in [4.78, 5) is 19.1. The van der Waals surface area contributed by atoms with Crippen molar-refractivity contribution < 1.29 is 13.9 Å². The molecule has 2 rings (SSSR count). The average Bonchev–Trinajstić information content (AvgIpc) is 2.74. The summed E-state index contributed by atoms with van der Waals surface area (Å²) in [6.07, 6.45) is 4.27. The quantitative estimate of drug-likeness (QED) is 0.716. The monoisotopic (exact) mass is 207 g/mol. The summed E-state index contributed by atoms with van der Waals surface area (Å²) in [6, 6.07) is -0.892. The van der Waals surface area contributed by atoms with Crippen LogP contribution in [0.15, 0.2) is 23.2 Å². The standard InChI is InChI=1S/C9H9N3O3/c1-14-9(13)7(10)5-2-11-3-6-8(5)12-4-15-6/h2-4,7H,10H2,1H3/t7-/m0/s1. The van der Waals surface area contributed by atoms with Gasteiger partial charge in [-0.05, 0) is 0 Å². The molecule has 2 aromatic rings. The molecule has 2 heterocycles. The molecule has 6 heteroatoms. The summed E-state index contributed by atoms with van der Waals surface area (Å²) in [7, 11) is 1.28. The number of hydrogen-bond acceptors (Lipinski definition) is 6. The number of esters is 1. The van der Waals surface area contributed by atoms with Gasteiger partial charge in [0.05, 0.1) is 13.3 Å². The molecule has 0 bridgehead atoms. The summed E-state index contributed by atoms with van der Waals surface area (Å²) in [5.41, 5.74) is 7.19.